The summed E-state index contributed by atoms with van der Waals surface area (Å²) in [6.45, 7) is 2.44. The van der Waals surface area contributed by atoms with Gasteiger partial charge in [0, 0.05) is 42.7 Å². The smallest absolute Gasteiger partial charge is 0.323 e. The van der Waals surface area contributed by atoms with Gasteiger partial charge in [-0.15, -0.1) is 0 Å². The number of allylic oxidation sites excluding steroid dienone is 2. The van der Waals surface area contributed by atoms with Crippen LogP contribution in [0.2, 0.25) is 10.0 Å². The maximum absolute atomic E-state index is 13.6. The Labute approximate surface area is 270 Å². The number of carboxylic acids is 1. The van der Waals surface area contributed by atoms with E-state index in [1.165, 1.54) is 17.9 Å². The zero-order chi connectivity index (χ0) is 32.8. The lowest BCUT2D eigenvalue weighted by molar-refractivity contribution is -0.136. The van der Waals surface area contributed by atoms with Gasteiger partial charge in [-0.25, -0.2) is 0 Å². The molecule has 0 radical (unpaired) electrons. The Hall–Kier alpha value is -4.64. The molecule has 0 spiro atoms. The van der Waals surface area contributed by atoms with E-state index in [0.29, 0.717) is 45.4 Å². The van der Waals surface area contributed by atoms with Crippen LogP contribution < -0.4 is 20.4 Å². The summed E-state index contributed by atoms with van der Waals surface area (Å²) in [5.74, 6) is -1.61. The Morgan fingerprint density at radius 1 is 1.04 bits per heavy atom. The number of aliphatic carboxylic acids is 1. The largest absolute Gasteiger partial charge is 0.491 e. The lowest BCUT2D eigenvalue weighted by Crippen LogP contribution is -2.33. The third-order valence-corrected chi connectivity index (χ3v) is 8.08. The van der Waals surface area contributed by atoms with Crippen LogP contribution in [0.5, 0.6) is 0 Å². The average Bonchev–Trinajstić information content (AvgIpc) is 3.02. The van der Waals surface area contributed by atoms with E-state index in [1.54, 1.807) is 61.3 Å². The van der Waals surface area contributed by atoms with Crippen molar-refractivity contribution in [1.29, 1.82) is 0 Å². The van der Waals surface area contributed by atoms with E-state index in [4.69, 9.17) is 38.8 Å². The lowest BCUT2D eigenvalue weighted by atomic mass is 10.0. The maximum atomic E-state index is 13.6. The summed E-state index contributed by atoms with van der Waals surface area (Å²) in [6.07, 6.45) is 3.50. The Morgan fingerprint density at radius 2 is 1.73 bits per heavy atom. The highest BCUT2D eigenvalue weighted by Crippen LogP contribution is 2.37. The number of para-hydroxylation sites is 1. The van der Waals surface area contributed by atoms with Crippen LogP contribution in [0.3, 0.4) is 0 Å². The molecule has 0 unspecified atom stereocenters. The lowest BCUT2D eigenvalue weighted by Gasteiger charge is -2.31. The second-order valence-electron chi connectivity index (χ2n) is 10.2. The molecule has 1 aliphatic heterocycles. The fourth-order valence-corrected chi connectivity index (χ4v) is 5.47. The third kappa shape index (κ3) is 7.54. The minimum atomic E-state index is -1.13. The summed E-state index contributed by atoms with van der Waals surface area (Å²) in [5.41, 5.74) is 9.74. The zero-order valence-corrected chi connectivity index (χ0v) is 26.4. The van der Waals surface area contributed by atoms with Crippen molar-refractivity contribution in [3.8, 4) is 0 Å². The summed E-state index contributed by atoms with van der Waals surface area (Å²) >= 11 is 13.1. The van der Waals surface area contributed by atoms with E-state index < -0.39 is 18.4 Å². The summed E-state index contributed by atoms with van der Waals surface area (Å²) in [7, 11) is 1.57. The number of fused-ring (bicyclic) bond motifs is 1. The highest BCUT2D eigenvalue weighted by Gasteiger charge is 2.28. The Balaban J connectivity index is 1.58. The fourth-order valence-electron chi connectivity index (χ4n) is 4.86. The van der Waals surface area contributed by atoms with Crippen LogP contribution in [0, 0.1) is 0 Å². The summed E-state index contributed by atoms with van der Waals surface area (Å²) in [6, 6.07) is 17.4. The topological polar surface area (TPSA) is 133 Å². The Kier molecular flexibility index (Phi) is 10.7. The van der Waals surface area contributed by atoms with Crippen molar-refractivity contribution < 1.29 is 29.0 Å². The van der Waals surface area contributed by atoms with Crippen molar-refractivity contribution in [1.82, 2.24) is 0 Å². The normalized spacial score (nSPS) is 12.6. The molecule has 0 fully saturated rings. The van der Waals surface area contributed by atoms with Crippen LogP contribution in [0.1, 0.15) is 30.5 Å². The van der Waals surface area contributed by atoms with Crippen molar-refractivity contribution >= 4 is 70.0 Å². The van der Waals surface area contributed by atoms with E-state index in [2.05, 4.69) is 0 Å². The summed E-state index contributed by atoms with van der Waals surface area (Å²) < 4.78 is 6.24. The molecule has 0 atom stereocenters. The maximum Gasteiger partial charge on any atom is 0.323 e. The van der Waals surface area contributed by atoms with E-state index in [9.17, 15) is 19.2 Å². The first kappa shape index (κ1) is 33.3. The van der Waals surface area contributed by atoms with Gasteiger partial charge in [0.15, 0.2) is 0 Å². The molecule has 0 aliphatic carbocycles. The molecule has 1 heterocycles. The van der Waals surface area contributed by atoms with Gasteiger partial charge < -0.3 is 25.4 Å². The van der Waals surface area contributed by atoms with Crippen LogP contribution in [-0.4, -0.2) is 48.9 Å². The standard InChI is InChI=1S/C33H32Cl2N4O6/c1-20-29(45-19-25-26(34)13-14-28(33(25)35)37(3)31(42)17-36)16-23-6-4-5-7-27(23)39(20)30(41)15-10-22-8-11-24(12-9-22)38(21(2)40)18-32(43)44/h4-15H,16-19,36H2,1-3H3,(H,43,44). The molecule has 0 saturated heterocycles. The Bertz CT molecular complexity index is 1700. The molecule has 4 rings (SSSR count). The number of halogens is 2. The number of nitrogens with zero attached hydrogens (tertiary/aromatic N) is 3. The number of nitrogens with two attached hydrogens (primary N) is 1. The molecule has 10 nitrogen and oxygen atoms in total. The number of amides is 3. The fraction of sp³-hybridized carbons (Fsp3) is 0.212. The number of rotatable bonds is 10. The summed E-state index contributed by atoms with van der Waals surface area (Å²) in [4.78, 5) is 52.9. The molecule has 234 valence electrons. The monoisotopic (exact) mass is 650 g/mol. The van der Waals surface area contributed by atoms with Crippen molar-refractivity contribution in [2.24, 2.45) is 5.73 Å². The molecule has 3 N–H and O–H groups in total. The third-order valence-electron chi connectivity index (χ3n) is 7.31. The quantitative estimate of drug-likeness (QED) is 0.281. The van der Waals surface area contributed by atoms with Gasteiger partial charge in [0.2, 0.25) is 11.8 Å². The van der Waals surface area contributed by atoms with Crippen molar-refractivity contribution in [2.45, 2.75) is 26.9 Å². The Morgan fingerprint density at radius 3 is 2.38 bits per heavy atom. The highest BCUT2D eigenvalue weighted by molar-refractivity contribution is 6.38. The average molecular weight is 652 g/mol. The molecule has 3 aromatic rings. The van der Waals surface area contributed by atoms with E-state index in [-0.39, 0.29) is 30.0 Å². The predicted octanol–water partition coefficient (Wildman–Crippen LogP) is 5.40. The molecular weight excluding hydrogens is 619 g/mol. The van der Waals surface area contributed by atoms with Crippen molar-refractivity contribution in [3.63, 3.8) is 0 Å². The van der Waals surface area contributed by atoms with Gasteiger partial charge in [0.05, 0.1) is 28.6 Å². The molecule has 0 bridgehead atoms. The SMILES string of the molecule is CC(=O)N(CC(=O)O)c1ccc(C=CC(=O)N2C(C)=C(OCc3c(Cl)ccc(N(C)C(=O)CN)c3Cl)Cc3ccccc32)cc1. The van der Waals surface area contributed by atoms with E-state index in [1.807, 2.05) is 24.3 Å². The van der Waals surface area contributed by atoms with Crippen LogP contribution in [0.4, 0.5) is 17.1 Å². The first-order chi connectivity index (χ1) is 21.4. The first-order valence-corrected chi connectivity index (χ1v) is 14.6. The van der Waals surface area contributed by atoms with Crippen molar-refractivity contribution in [3.05, 3.63) is 105 Å². The van der Waals surface area contributed by atoms with E-state index >= 15 is 0 Å². The van der Waals surface area contributed by atoms with Crippen LogP contribution >= 0.6 is 23.2 Å². The number of hydrogen-bond acceptors (Lipinski definition) is 6. The number of carbonyl (C=O) groups excluding carboxylic acids is 3. The van der Waals surface area contributed by atoms with Gasteiger partial charge >= 0.3 is 5.97 Å². The second-order valence-corrected chi connectivity index (χ2v) is 11.0. The minimum Gasteiger partial charge on any atom is -0.491 e. The molecule has 3 amide bonds. The van der Waals surface area contributed by atoms with Crippen LogP contribution in [-0.2, 0) is 36.9 Å². The molecular formula is C33H32Cl2N4O6. The van der Waals surface area contributed by atoms with E-state index in [0.717, 1.165) is 16.2 Å². The zero-order valence-electron chi connectivity index (χ0n) is 24.9. The van der Waals surface area contributed by atoms with Crippen molar-refractivity contribution in [2.75, 3.05) is 34.8 Å². The molecule has 1 aliphatic rings. The van der Waals surface area contributed by atoms with Gasteiger partial charge in [-0.3, -0.25) is 24.1 Å². The first-order valence-electron chi connectivity index (χ1n) is 13.9. The number of ether oxygens (including phenoxy) is 1. The number of benzene rings is 3. The highest BCUT2D eigenvalue weighted by atomic mass is 35.5. The number of hydrogen-bond donors (Lipinski definition) is 2. The van der Waals surface area contributed by atoms with Gasteiger partial charge in [-0.1, -0.05) is 53.5 Å². The van der Waals surface area contributed by atoms with Crippen LogP contribution in [0.25, 0.3) is 6.08 Å². The van der Waals surface area contributed by atoms with Gasteiger partial charge in [0.1, 0.15) is 18.9 Å². The predicted molar refractivity (Wildman–Crippen MR) is 175 cm³/mol. The minimum absolute atomic E-state index is 0.00558. The van der Waals surface area contributed by atoms with Gasteiger partial charge in [-0.2, -0.15) is 0 Å². The molecule has 3 aromatic carbocycles. The number of anilines is 3. The number of carboxylic acid groups (broad SMARTS) is 1. The summed E-state index contributed by atoms with van der Waals surface area (Å²) in [5, 5.41) is 9.74. The molecule has 45 heavy (non-hydrogen) atoms. The van der Waals surface area contributed by atoms with Gasteiger partial charge in [0.25, 0.3) is 5.91 Å². The molecule has 12 heteroatoms. The number of carbonyl (C=O) groups is 4. The van der Waals surface area contributed by atoms with Gasteiger partial charge in [-0.05, 0) is 54.5 Å². The second kappa shape index (κ2) is 14.4. The molecule has 0 aromatic heterocycles. The van der Waals surface area contributed by atoms with Crippen LogP contribution in [0.15, 0.2) is 78.2 Å². The molecule has 0 saturated carbocycles. The number of likely N-dealkylation sites (N-methyl/N-ethyl adjacent to an activating group) is 1.